The number of thioether (sulfide) groups is 1. The van der Waals surface area contributed by atoms with Gasteiger partial charge in [0.1, 0.15) is 11.8 Å². The van der Waals surface area contributed by atoms with Crippen LogP contribution in [-0.2, 0) is 19.1 Å². The van der Waals surface area contributed by atoms with Crippen molar-refractivity contribution in [3.8, 4) is 5.75 Å². The third-order valence-corrected chi connectivity index (χ3v) is 9.74. The van der Waals surface area contributed by atoms with Gasteiger partial charge in [-0.2, -0.15) is 0 Å². The third-order valence-electron chi connectivity index (χ3n) is 7.94. The van der Waals surface area contributed by atoms with Crippen LogP contribution < -0.4 is 9.64 Å². The van der Waals surface area contributed by atoms with Gasteiger partial charge in [0, 0.05) is 30.1 Å². The largest absolute Gasteiger partial charge is 0.497 e. The molecule has 0 aliphatic carbocycles. The van der Waals surface area contributed by atoms with E-state index in [1.807, 2.05) is 31.2 Å². The maximum atomic E-state index is 14.3. The topological polar surface area (TPSA) is 96.4 Å². The van der Waals surface area contributed by atoms with Crippen LogP contribution in [0.15, 0.2) is 48.6 Å². The Morgan fingerprint density at radius 1 is 1.08 bits per heavy atom. The summed E-state index contributed by atoms with van der Waals surface area (Å²) in [5.41, 5.74) is 0.706. The molecular weight excluding hydrogens is 492 g/mol. The molecule has 8 nitrogen and oxygen atoms in total. The maximum Gasteiger partial charge on any atom is 0.311 e. The van der Waals surface area contributed by atoms with Crippen LogP contribution in [0.2, 0.25) is 0 Å². The number of nitrogens with zero attached hydrogens (tertiary/aromatic N) is 2. The number of aliphatic hydroxyl groups excluding tert-OH is 1. The number of rotatable bonds is 5. The molecule has 0 saturated carbocycles. The van der Waals surface area contributed by atoms with E-state index in [1.165, 1.54) is 11.8 Å². The minimum atomic E-state index is -0.929. The van der Waals surface area contributed by atoms with Crippen LogP contribution in [-0.4, -0.2) is 76.7 Å². The molecule has 1 aromatic rings. The first kappa shape index (κ1) is 25.9. The molecule has 2 saturated heterocycles. The van der Waals surface area contributed by atoms with Gasteiger partial charge in [0.25, 0.3) is 5.91 Å². The Bertz CT molecular complexity index is 1120. The van der Waals surface area contributed by atoms with Gasteiger partial charge in [0.15, 0.2) is 0 Å². The number of aliphatic hydroxyl groups is 1. The number of benzene rings is 1. The Morgan fingerprint density at radius 3 is 2.59 bits per heavy atom. The van der Waals surface area contributed by atoms with Gasteiger partial charge in [-0.05, 0) is 56.9 Å². The fraction of sp³-hybridized carbons (Fsp3) is 0.536. The summed E-state index contributed by atoms with van der Waals surface area (Å²) >= 11 is 1.54. The molecule has 4 aliphatic heterocycles. The van der Waals surface area contributed by atoms with Crippen LogP contribution in [0.25, 0.3) is 0 Å². The van der Waals surface area contributed by atoms with E-state index in [1.54, 1.807) is 29.0 Å². The van der Waals surface area contributed by atoms with Gasteiger partial charge in [-0.1, -0.05) is 24.3 Å². The predicted molar refractivity (Wildman–Crippen MR) is 141 cm³/mol. The molecule has 2 fully saturated rings. The van der Waals surface area contributed by atoms with Crippen LogP contribution in [0.4, 0.5) is 5.69 Å². The Labute approximate surface area is 221 Å². The maximum absolute atomic E-state index is 14.3. The first-order chi connectivity index (χ1) is 17.9. The van der Waals surface area contributed by atoms with Crippen LogP contribution in [0.3, 0.4) is 0 Å². The minimum Gasteiger partial charge on any atom is -0.497 e. The molecular formula is C28H34N2O6S. The average molecular weight is 527 g/mol. The molecule has 0 aromatic heterocycles. The summed E-state index contributed by atoms with van der Waals surface area (Å²) in [6.45, 7) is 2.81. The van der Waals surface area contributed by atoms with Crippen LogP contribution in [0.5, 0.6) is 5.75 Å². The molecule has 4 aliphatic rings. The van der Waals surface area contributed by atoms with E-state index in [0.29, 0.717) is 31.0 Å². The van der Waals surface area contributed by atoms with E-state index in [2.05, 4.69) is 12.2 Å². The number of anilines is 1. The van der Waals surface area contributed by atoms with Crippen molar-refractivity contribution in [1.82, 2.24) is 4.90 Å². The second kappa shape index (κ2) is 10.2. The normalized spacial score (nSPS) is 34.4. The molecule has 1 N–H and O–H groups in total. The van der Waals surface area contributed by atoms with Crippen molar-refractivity contribution in [2.24, 2.45) is 11.8 Å². The first-order valence-corrected chi connectivity index (χ1v) is 13.8. The Kier molecular flexibility index (Phi) is 7.11. The molecule has 9 heteroatoms. The smallest absolute Gasteiger partial charge is 0.311 e. The van der Waals surface area contributed by atoms with Crippen molar-refractivity contribution in [2.45, 2.75) is 48.1 Å². The number of allylic oxidation sites excluding steroid dienone is 1. The fourth-order valence-corrected chi connectivity index (χ4v) is 8.43. The zero-order valence-electron chi connectivity index (χ0n) is 21.3. The van der Waals surface area contributed by atoms with Crippen LogP contribution >= 0.6 is 11.8 Å². The van der Waals surface area contributed by atoms with Crippen LogP contribution in [0.1, 0.15) is 32.6 Å². The summed E-state index contributed by atoms with van der Waals surface area (Å²) in [5, 5.41) is 9.56. The van der Waals surface area contributed by atoms with E-state index < -0.39 is 27.4 Å². The number of amides is 2. The van der Waals surface area contributed by atoms with Gasteiger partial charge in [-0.15, -0.1) is 11.8 Å². The van der Waals surface area contributed by atoms with Crippen LogP contribution in [0, 0.1) is 11.8 Å². The minimum absolute atomic E-state index is 0.0978. The number of carbonyl (C=O) groups is 3. The standard InChI is InChI=1S/C28H34N2O6S/c1-27-13-5-3-4-6-18-36-26(34)22(27)21-24(32)30(16-8-17-31)23-25(33)29(15-7-14-28(21,23)37-27)19-9-11-20(35-2)12-10-19/h5,7,9-14,21-23,31H,3-4,6,8,15-18H2,1-2H3/b13-5-/t21-,22+,23?,27-,28-/m0/s1. The highest BCUT2D eigenvalue weighted by Gasteiger charge is 2.73. The van der Waals surface area contributed by atoms with Crippen molar-refractivity contribution in [1.29, 1.82) is 0 Å². The van der Waals surface area contributed by atoms with Gasteiger partial charge >= 0.3 is 5.97 Å². The number of esters is 1. The second-order valence-electron chi connectivity index (χ2n) is 10.2. The molecule has 37 heavy (non-hydrogen) atoms. The van der Waals surface area contributed by atoms with Crippen molar-refractivity contribution >= 4 is 35.2 Å². The highest BCUT2D eigenvalue weighted by molar-refractivity contribution is 8.02. The zero-order valence-corrected chi connectivity index (χ0v) is 22.1. The van der Waals surface area contributed by atoms with Gasteiger partial charge < -0.3 is 24.4 Å². The lowest BCUT2D eigenvalue weighted by atomic mass is 9.74. The van der Waals surface area contributed by atoms with E-state index in [0.717, 1.165) is 19.3 Å². The van der Waals surface area contributed by atoms with E-state index in [9.17, 15) is 19.5 Å². The van der Waals surface area contributed by atoms with Gasteiger partial charge in [-0.25, -0.2) is 0 Å². The lowest BCUT2D eigenvalue weighted by molar-refractivity contribution is -0.154. The Hall–Kier alpha value is -2.78. The quantitative estimate of drug-likeness (QED) is 0.466. The van der Waals surface area contributed by atoms with E-state index in [-0.39, 0.29) is 30.9 Å². The molecule has 1 unspecified atom stereocenters. The molecule has 1 spiro atoms. The summed E-state index contributed by atoms with van der Waals surface area (Å²) in [6, 6.07) is 6.47. The summed E-state index contributed by atoms with van der Waals surface area (Å²) in [5.74, 6) is -1.56. The summed E-state index contributed by atoms with van der Waals surface area (Å²) in [6.07, 6.45) is 11.0. The summed E-state index contributed by atoms with van der Waals surface area (Å²) in [7, 11) is 1.59. The number of cyclic esters (lactones) is 1. The third kappa shape index (κ3) is 4.26. The van der Waals surface area contributed by atoms with Crippen molar-refractivity contribution in [2.75, 3.05) is 38.3 Å². The Balaban J connectivity index is 1.61. The number of ether oxygens (including phenoxy) is 2. The lowest BCUT2D eigenvalue weighted by Crippen LogP contribution is -2.53. The number of carbonyl (C=O) groups excluding carboxylic acids is 3. The van der Waals surface area contributed by atoms with E-state index in [4.69, 9.17) is 9.47 Å². The monoisotopic (exact) mass is 526 g/mol. The van der Waals surface area contributed by atoms with Crippen molar-refractivity contribution in [3.63, 3.8) is 0 Å². The van der Waals surface area contributed by atoms with Gasteiger partial charge in [-0.3, -0.25) is 14.4 Å². The number of hydrogen-bond acceptors (Lipinski definition) is 7. The zero-order chi connectivity index (χ0) is 26.2. The molecule has 5 atom stereocenters. The van der Waals surface area contributed by atoms with Crippen molar-refractivity contribution < 1.29 is 29.0 Å². The number of fused-ring (bicyclic) bond motifs is 2. The number of hydrogen-bond donors (Lipinski definition) is 1. The molecule has 198 valence electrons. The Morgan fingerprint density at radius 2 is 1.86 bits per heavy atom. The molecule has 4 heterocycles. The molecule has 5 rings (SSSR count). The van der Waals surface area contributed by atoms with Crippen molar-refractivity contribution in [3.05, 3.63) is 48.6 Å². The molecule has 1 aromatic carbocycles. The summed E-state index contributed by atoms with van der Waals surface area (Å²) < 4.78 is 9.34. The first-order valence-electron chi connectivity index (χ1n) is 13.0. The molecule has 0 bridgehead atoms. The second-order valence-corrected chi connectivity index (χ2v) is 12.0. The highest BCUT2D eigenvalue weighted by Crippen LogP contribution is 2.65. The van der Waals surface area contributed by atoms with E-state index >= 15 is 0 Å². The molecule has 2 amide bonds. The predicted octanol–water partition coefficient (Wildman–Crippen LogP) is 2.95. The fourth-order valence-electron chi connectivity index (χ4n) is 6.27. The molecule has 0 radical (unpaired) electrons. The SMILES string of the molecule is COc1ccc(N2CC=C[C@]34S[C@@]5(C)/C=C\CCCCOC(=O)[C@H]5[C@H]3C(=O)N(CCCO)C4C2=O)cc1. The highest BCUT2D eigenvalue weighted by atomic mass is 32.2. The average Bonchev–Trinajstić information content (AvgIpc) is 3.22. The number of methoxy groups -OCH3 is 1. The summed E-state index contributed by atoms with van der Waals surface area (Å²) in [4.78, 5) is 45.2. The number of likely N-dealkylation sites (tertiary alicyclic amines) is 1. The van der Waals surface area contributed by atoms with Gasteiger partial charge in [0.2, 0.25) is 5.91 Å². The van der Waals surface area contributed by atoms with Gasteiger partial charge in [0.05, 0.1) is 30.3 Å². The lowest BCUT2D eigenvalue weighted by Gasteiger charge is -2.37.